The summed E-state index contributed by atoms with van der Waals surface area (Å²) in [6.45, 7) is 8.25. The molecule has 0 aliphatic carbocycles. The van der Waals surface area contributed by atoms with E-state index in [0.717, 1.165) is 96.6 Å². The monoisotopic (exact) mass is 529 g/mol. The fourth-order valence-corrected chi connectivity index (χ4v) is 5.14. The van der Waals surface area contributed by atoms with E-state index in [1.807, 2.05) is 18.2 Å². The summed E-state index contributed by atoms with van der Waals surface area (Å²) >= 11 is 6.26. The molecule has 0 atom stereocenters. The van der Waals surface area contributed by atoms with E-state index in [-0.39, 0.29) is 6.79 Å². The van der Waals surface area contributed by atoms with Crippen molar-refractivity contribution in [1.29, 1.82) is 0 Å². The number of imidazole rings is 1. The van der Waals surface area contributed by atoms with Crippen LogP contribution in [0.4, 0.5) is 0 Å². The first-order valence-corrected chi connectivity index (χ1v) is 14.1. The van der Waals surface area contributed by atoms with Gasteiger partial charge in [-0.2, -0.15) is 0 Å². The van der Waals surface area contributed by atoms with Crippen LogP contribution < -0.4 is 9.47 Å². The molecule has 0 saturated carbocycles. The smallest absolute Gasteiger partial charge is 0.231 e. The number of para-hydroxylation sites is 1. The summed E-state index contributed by atoms with van der Waals surface area (Å²) in [6.07, 6.45) is 4.47. The van der Waals surface area contributed by atoms with Crippen LogP contribution in [-0.2, 0) is 19.6 Å². The molecule has 0 fully saturated rings. The molecule has 5 nitrogen and oxygen atoms in total. The number of benzene rings is 3. The minimum atomic E-state index is 0.284. The molecule has 5 rings (SSSR count). The Morgan fingerprint density at radius 2 is 1.63 bits per heavy atom. The fraction of sp³-hybridized carbons (Fsp3) is 0.344. The summed E-state index contributed by atoms with van der Waals surface area (Å²) in [7, 11) is 0. The quantitative estimate of drug-likeness (QED) is 0.185. The average Bonchev–Trinajstić information content (AvgIpc) is 3.57. The minimum absolute atomic E-state index is 0.284. The first-order valence-electron chi connectivity index (χ1n) is 13.7. The molecule has 1 aliphatic heterocycles. The van der Waals surface area contributed by atoms with Crippen molar-refractivity contribution in [1.82, 2.24) is 14.5 Å². The van der Waals surface area contributed by atoms with Gasteiger partial charge in [-0.25, -0.2) is 4.98 Å². The molecule has 2 heterocycles. The molecule has 0 bridgehead atoms. The molecule has 198 valence electrons. The van der Waals surface area contributed by atoms with E-state index in [9.17, 15) is 0 Å². The minimum Gasteiger partial charge on any atom is -0.454 e. The van der Waals surface area contributed by atoms with Crippen LogP contribution in [-0.4, -0.2) is 27.8 Å². The van der Waals surface area contributed by atoms with Crippen molar-refractivity contribution in [2.45, 2.75) is 59.2 Å². The average molecular weight is 530 g/mol. The number of hydrogen-bond donors (Lipinski definition) is 0. The second-order valence-corrected chi connectivity index (χ2v) is 10.3. The first kappa shape index (κ1) is 26.3. The highest BCUT2D eigenvalue weighted by molar-refractivity contribution is 6.30. The van der Waals surface area contributed by atoms with Gasteiger partial charge in [-0.05, 0) is 37.6 Å². The number of aromatic nitrogens is 2. The Balaban J connectivity index is 1.58. The fourth-order valence-electron chi connectivity index (χ4n) is 5.01. The molecule has 38 heavy (non-hydrogen) atoms. The third-order valence-corrected chi connectivity index (χ3v) is 7.28. The van der Waals surface area contributed by atoms with Crippen LogP contribution in [0.25, 0.3) is 22.6 Å². The molecule has 0 amide bonds. The van der Waals surface area contributed by atoms with Crippen molar-refractivity contribution < 1.29 is 9.47 Å². The topological polar surface area (TPSA) is 39.5 Å². The van der Waals surface area contributed by atoms with E-state index in [1.165, 1.54) is 5.69 Å². The maximum atomic E-state index is 6.26. The van der Waals surface area contributed by atoms with Gasteiger partial charge in [0.05, 0.1) is 11.4 Å². The zero-order valence-corrected chi connectivity index (χ0v) is 23.1. The van der Waals surface area contributed by atoms with Crippen LogP contribution in [0.1, 0.15) is 50.8 Å². The van der Waals surface area contributed by atoms with Crippen molar-refractivity contribution >= 4 is 11.6 Å². The lowest BCUT2D eigenvalue weighted by Gasteiger charge is -2.24. The first-order chi connectivity index (χ1) is 18.7. The molecule has 4 aromatic rings. The number of rotatable bonds is 12. The molecule has 0 radical (unpaired) electrons. The van der Waals surface area contributed by atoms with E-state index in [4.69, 9.17) is 26.1 Å². The number of unbranched alkanes of at least 4 members (excludes halogenated alkanes) is 2. The third kappa shape index (κ3) is 5.90. The number of ether oxygens (including phenoxy) is 2. The lowest BCUT2D eigenvalue weighted by Crippen LogP contribution is -2.26. The number of halogens is 1. The summed E-state index contributed by atoms with van der Waals surface area (Å²) in [6, 6.07) is 24.8. The van der Waals surface area contributed by atoms with E-state index >= 15 is 0 Å². The van der Waals surface area contributed by atoms with Gasteiger partial charge in [0.25, 0.3) is 0 Å². The van der Waals surface area contributed by atoms with E-state index < -0.39 is 0 Å². The summed E-state index contributed by atoms with van der Waals surface area (Å²) in [5.74, 6) is 2.72. The van der Waals surface area contributed by atoms with Gasteiger partial charge in [-0.3, -0.25) is 4.90 Å². The molecule has 0 saturated heterocycles. The predicted octanol–water partition coefficient (Wildman–Crippen LogP) is 8.20. The van der Waals surface area contributed by atoms with Crippen LogP contribution >= 0.6 is 11.6 Å². The molecule has 0 N–H and O–H groups in total. The Morgan fingerprint density at radius 3 is 2.39 bits per heavy atom. The standard InChI is InChI=1S/C32H36ClN3O2/c1-3-5-19-35(21-26-13-10-14-29-31(26)38-23-37-29)22-28-30(24-15-17-27(33)18-16-24)34-32(36(28)20-6-4-2)25-11-8-7-9-12-25/h7-18H,3-6,19-23H2,1-2H3. The lowest BCUT2D eigenvalue weighted by atomic mass is 10.1. The number of hydrogen-bond acceptors (Lipinski definition) is 4. The zero-order valence-electron chi connectivity index (χ0n) is 22.3. The van der Waals surface area contributed by atoms with Crippen LogP contribution in [0.5, 0.6) is 11.5 Å². The molecule has 6 heteroatoms. The van der Waals surface area contributed by atoms with Gasteiger partial charge in [-0.15, -0.1) is 0 Å². The van der Waals surface area contributed by atoms with Gasteiger partial charge < -0.3 is 14.0 Å². The number of nitrogens with zero attached hydrogens (tertiary/aromatic N) is 3. The van der Waals surface area contributed by atoms with Crippen molar-refractivity contribution in [2.24, 2.45) is 0 Å². The van der Waals surface area contributed by atoms with Gasteiger partial charge in [0.1, 0.15) is 5.82 Å². The lowest BCUT2D eigenvalue weighted by molar-refractivity contribution is 0.171. The highest BCUT2D eigenvalue weighted by Gasteiger charge is 2.24. The van der Waals surface area contributed by atoms with Gasteiger partial charge in [0.15, 0.2) is 11.5 Å². The van der Waals surface area contributed by atoms with Crippen LogP contribution in [0.3, 0.4) is 0 Å². The largest absolute Gasteiger partial charge is 0.454 e. The maximum Gasteiger partial charge on any atom is 0.231 e. The Kier molecular flexibility index (Phi) is 8.67. The Hall–Kier alpha value is -3.28. The molecular weight excluding hydrogens is 494 g/mol. The molecule has 0 unspecified atom stereocenters. The summed E-state index contributed by atoms with van der Waals surface area (Å²) < 4.78 is 13.9. The molecule has 0 spiro atoms. The summed E-state index contributed by atoms with van der Waals surface area (Å²) in [4.78, 5) is 7.80. The molecule has 1 aliphatic rings. The van der Waals surface area contributed by atoms with Crippen molar-refractivity contribution in [3.05, 3.63) is 89.1 Å². The molecule has 1 aromatic heterocycles. The van der Waals surface area contributed by atoms with Gasteiger partial charge in [0, 0.05) is 41.3 Å². The van der Waals surface area contributed by atoms with Crippen LogP contribution in [0.2, 0.25) is 5.02 Å². The van der Waals surface area contributed by atoms with Gasteiger partial charge in [-0.1, -0.05) is 92.9 Å². The Morgan fingerprint density at radius 1 is 0.842 bits per heavy atom. The van der Waals surface area contributed by atoms with Crippen LogP contribution in [0, 0.1) is 0 Å². The Labute approximate surface area is 231 Å². The SMILES string of the molecule is CCCCN(Cc1cccc2c1OCO2)Cc1c(-c2ccc(Cl)cc2)nc(-c2ccccc2)n1CCCC. The second kappa shape index (κ2) is 12.5. The molecular formula is C32H36ClN3O2. The van der Waals surface area contributed by atoms with E-state index in [0.29, 0.717) is 0 Å². The second-order valence-electron chi connectivity index (χ2n) is 9.82. The normalized spacial score (nSPS) is 12.4. The third-order valence-electron chi connectivity index (χ3n) is 7.03. The van der Waals surface area contributed by atoms with Crippen molar-refractivity contribution in [2.75, 3.05) is 13.3 Å². The highest BCUT2D eigenvalue weighted by atomic mass is 35.5. The van der Waals surface area contributed by atoms with Crippen molar-refractivity contribution in [3.63, 3.8) is 0 Å². The van der Waals surface area contributed by atoms with Crippen LogP contribution in [0.15, 0.2) is 72.8 Å². The summed E-state index contributed by atoms with van der Waals surface area (Å²) in [5, 5.41) is 0.730. The van der Waals surface area contributed by atoms with Gasteiger partial charge >= 0.3 is 0 Å². The Bertz CT molecular complexity index is 1340. The molecule has 3 aromatic carbocycles. The van der Waals surface area contributed by atoms with Crippen molar-refractivity contribution in [3.8, 4) is 34.1 Å². The van der Waals surface area contributed by atoms with Gasteiger partial charge in [0.2, 0.25) is 6.79 Å². The highest BCUT2D eigenvalue weighted by Crippen LogP contribution is 2.37. The maximum absolute atomic E-state index is 6.26. The summed E-state index contributed by atoms with van der Waals surface area (Å²) in [5.41, 5.74) is 5.64. The number of fused-ring (bicyclic) bond motifs is 1. The predicted molar refractivity (Wildman–Crippen MR) is 155 cm³/mol. The zero-order chi connectivity index (χ0) is 26.3. The van der Waals surface area contributed by atoms with E-state index in [2.05, 4.69) is 77.9 Å². The van der Waals surface area contributed by atoms with E-state index in [1.54, 1.807) is 0 Å².